The van der Waals surface area contributed by atoms with Crippen LogP contribution in [-0.4, -0.2) is 26.2 Å². The topological polar surface area (TPSA) is 59.8 Å². The highest BCUT2D eigenvalue weighted by Gasteiger charge is 2.04. The van der Waals surface area contributed by atoms with Crippen LogP contribution in [0.5, 0.6) is 0 Å². The molecule has 5 nitrogen and oxygen atoms in total. The van der Waals surface area contributed by atoms with Crippen molar-refractivity contribution in [2.45, 2.75) is 17.9 Å². The molecule has 0 atom stereocenters. The first kappa shape index (κ1) is 17.2. The van der Waals surface area contributed by atoms with Crippen molar-refractivity contribution in [3.63, 3.8) is 0 Å². The Balaban J connectivity index is 1.40. The van der Waals surface area contributed by atoms with Crippen LogP contribution in [-0.2, 0) is 11.3 Å². The second-order valence-corrected chi connectivity index (χ2v) is 6.49. The lowest BCUT2D eigenvalue weighted by Crippen LogP contribution is -2.23. The van der Waals surface area contributed by atoms with Gasteiger partial charge in [-0.1, -0.05) is 6.07 Å². The molecular formula is C18H17FN4OS. The lowest BCUT2D eigenvalue weighted by molar-refractivity contribution is -0.120. The van der Waals surface area contributed by atoms with E-state index in [0.29, 0.717) is 18.7 Å². The van der Waals surface area contributed by atoms with Crippen LogP contribution in [0.4, 0.5) is 4.39 Å². The minimum atomic E-state index is -0.255. The first-order valence-electron chi connectivity index (χ1n) is 7.79. The molecule has 1 amide bonds. The van der Waals surface area contributed by atoms with Crippen molar-refractivity contribution >= 4 is 17.7 Å². The number of hydrogen-bond acceptors (Lipinski definition) is 4. The molecule has 0 unspecified atom stereocenters. The molecule has 0 spiro atoms. The largest absolute Gasteiger partial charge is 0.352 e. The average molecular weight is 356 g/mol. The van der Waals surface area contributed by atoms with Gasteiger partial charge in [0.1, 0.15) is 18.0 Å². The van der Waals surface area contributed by atoms with Crippen molar-refractivity contribution in [2.24, 2.45) is 0 Å². The van der Waals surface area contributed by atoms with Gasteiger partial charge in [0, 0.05) is 42.2 Å². The van der Waals surface area contributed by atoms with Crippen LogP contribution in [0.25, 0.3) is 5.82 Å². The van der Waals surface area contributed by atoms with Gasteiger partial charge in [-0.05, 0) is 35.9 Å². The second kappa shape index (κ2) is 8.43. The number of nitrogens with one attached hydrogen (secondary N) is 1. The number of amides is 1. The molecule has 7 heteroatoms. The predicted octanol–water partition coefficient (Wildman–Crippen LogP) is 3.21. The van der Waals surface area contributed by atoms with Crippen LogP contribution in [0.1, 0.15) is 12.0 Å². The van der Waals surface area contributed by atoms with E-state index in [-0.39, 0.29) is 11.7 Å². The number of thioether (sulfide) groups is 1. The van der Waals surface area contributed by atoms with Gasteiger partial charge in [0.05, 0.1) is 0 Å². The molecule has 2 heterocycles. The highest BCUT2D eigenvalue weighted by molar-refractivity contribution is 7.99. The van der Waals surface area contributed by atoms with Crippen molar-refractivity contribution in [3.05, 3.63) is 72.7 Å². The summed E-state index contributed by atoms with van der Waals surface area (Å²) in [5.74, 6) is 1.15. The molecule has 0 aliphatic carbocycles. The third-order valence-corrected chi connectivity index (χ3v) is 4.49. The molecule has 1 N–H and O–H groups in total. The van der Waals surface area contributed by atoms with Crippen molar-refractivity contribution in [2.75, 3.05) is 5.75 Å². The molecule has 3 rings (SSSR count). The van der Waals surface area contributed by atoms with Crippen molar-refractivity contribution in [1.82, 2.24) is 19.9 Å². The molecule has 128 valence electrons. The number of imidazole rings is 1. The lowest BCUT2D eigenvalue weighted by atomic mass is 10.2. The van der Waals surface area contributed by atoms with Crippen molar-refractivity contribution in [3.8, 4) is 5.82 Å². The molecule has 2 aromatic heterocycles. The summed E-state index contributed by atoms with van der Waals surface area (Å²) in [6.45, 7) is 0.442. The summed E-state index contributed by atoms with van der Waals surface area (Å²) in [5.41, 5.74) is 0.934. The number of aromatic nitrogens is 3. The van der Waals surface area contributed by atoms with Crippen LogP contribution in [0.15, 0.2) is 66.2 Å². The quantitative estimate of drug-likeness (QED) is 0.661. The van der Waals surface area contributed by atoms with Crippen LogP contribution in [0.3, 0.4) is 0 Å². The Morgan fingerprint density at radius 2 is 2.04 bits per heavy atom. The summed E-state index contributed by atoms with van der Waals surface area (Å²) in [6, 6.07) is 10.1. The van der Waals surface area contributed by atoms with E-state index in [9.17, 15) is 9.18 Å². The Morgan fingerprint density at radius 3 is 2.72 bits per heavy atom. The third kappa shape index (κ3) is 5.15. The van der Waals surface area contributed by atoms with E-state index in [1.165, 1.54) is 23.9 Å². The van der Waals surface area contributed by atoms with E-state index in [4.69, 9.17) is 0 Å². The number of hydrogen-bond donors (Lipinski definition) is 1. The number of pyridine rings is 1. The van der Waals surface area contributed by atoms with Gasteiger partial charge in [-0.25, -0.2) is 14.4 Å². The third-order valence-electron chi connectivity index (χ3n) is 3.48. The Hall–Kier alpha value is -2.67. The zero-order valence-corrected chi connectivity index (χ0v) is 14.2. The smallest absolute Gasteiger partial charge is 0.221 e. The SMILES string of the molecule is O=C(CCSc1ccc(F)cc1)NCc1ccc(-n2ccnc2)nc1. The number of halogens is 1. The highest BCUT2D eigenvalue weighted by Crippen LogP contribution is 2.18. The number of benzene rings is 1. The van der Waals surface area contributed by atoms with E-state index >= 15 is 0 Å². The van der Waals surface area contributed by atoms with Crippen LogP contribution < -0.4 is 5.32 Å². The van der Waals surface area contributed by atoms with Gasteiger partial charge in [0.25, 0.3) is 0 Å². The van der Waals surface area contributed by atoms with E-state index in [1.807, 2.05) is 22.9 Å². The number of nitrogens with zero attached hydrogens (tertiary/aromatic N) is 3. The first-order chi connectivity index (χ1) is 12.2. The normalized spacial score (nSPS) is 10.6. The highest BCUT2D eigenvalue weighted by atomic mass is 32.2. The maximum absolute atomic E-state index is 12.8. The minimum Gasteiger partial charge on any atom is -0.352 e. The monoisotopic (exact) mass is 356 g/mol. The maximum atomic E-state index is 12.8. The van der Waals surface area contributed by atoms with Gasteiger partial charge < -0.3 is 5.32 Å². The standard InChI is InChI=1S/C18H17FN4OS/c19-15-2-4-16(5-3-15)25-10-7-18(24)22-12-14-1-6-17(21-11-14)23-9-8-20-13-23/h1-6,8-9,11,13H,7,10,12H2,(H,22,24). The van der Waals surface area contributed by atoms with E-state index < -0.39 is 0 Å². The summed E-state index contributed by atoms with van der Waals surface area (Å²) in [7, 11) is 0. The molecule has 0 aliphatic heterocycles. The summed E-state index contributed by atoms with van der Waals surface area (Å²) in [5, 5.41) is 2.88. The maximum Gasteiger partial charge on any atom is 0.221 e. The number of rotatable bonds is 7. The van der Waals surface area contributed by atoms with Crippen LogP contribution in [0.2, 0.25) is 0 Å². The molecular weight excluding hydrogens is 339 g/mol. The van der Waals surface area contributed by atoms with Gasteiger partial charge in [-0.15, -0.1) is 11.8 Å². The first-order valence-corrected chi connectivity index (χ1v) is 8.77. The Bertz CT molecular complexity index is 804. The van der Waals surface area contributed by atoms with Crippen LogP contribution >= 0.6 is 11.8 Å². The summed E-state index contributed by atoms with van der Waals surface area (Å²) >= 11 is 1.53. The fraction of sp³-hybridized carbons (Fsp3) is 0.167. The van der Waals surface area contributed by atoms with Gasteiger partial charge >= 0.3 is 0 Å². The van der Waals surface area contributed by atoms with E-state index in [2.05, 4.69) is 15.3 Å². The number of carbonyl (C=O) groups is 1. The molecule has 0 saturated heterocycles. The molecule has 0 radical (unpaired) electrons. The minimum absolute atomic E-state index is 0.0201. The number of carbonyl (C=O) groups excluding carboxylic acids is 1. The van der Waals surface area contributed by atoms with Gasteiger partial charge in [0.2, 0.25) is 5.91 Å². The molecule has 0 bridgehead atoms. The van der Waals surface area contributed by atoms with Crippen LogP contribution in [0, 0.1) is 5.82 Å². The Morgan fingerprint density at radius 1 is 1.20 bits per heavy atom. The van der Waals surface area contributed by atoms with E-state index in [1.54, 1.807) is 30.9 Å². The van der Waals surface area contributed by atoms with Gasteiger partial charge in [-0.2, -0.15) is 0 Å². The van der Waals surface area contributed by atoms with Crippen molar-refractivity contribution in [1.29, 1.82) is 0 Å². The zero-order valence-electron chi connectivity index (χ0n) is 13.4. The Labute approximate surface area is 149 Å². The second-order valence-electron chi connectivity index (χ2n) is 5.32. The predicted molar refractivity (Wildman–Crippen MR) is 94.9 cm³/mol. The molecule has 25 heavy (non-hydrogen) atoms. The fourth-order valence-electron chi connectivity index (χ4n) is 2.15. The summed E-state index contributed by atoms with van der Waals surface area (Å²) in [6.07, 6.45) is 7.34. The summed E-state index contributed by atoms with van der Waals surface area (Å²) < 4.78 is 14.6. The average Bonchev–Trinajstić information content (AvgIpc) is 3.17. The molecule has 0 saturated carbocycles. The van der Waals surface area contributed by atoms with Gasteiger partial charge in [0.15, 0.2) is 0 Å². The Kier molecular flexibility index (Phi) is 5.79. The van der Waals surface area contributed by atoms with Gasteiger partial charge in [-0.3, -0.25) is 9.36 Å². The van der Waals surface area contributed by atoms with Crippen molar-refractivity contribution < 1.29 is 9.18 Å². The lowest BCUT2D eigenvalue weighted by Gasteiger charge is -2.06. The molecule has 0 aliphatic rings. The molecule has 0 fully saturated rings. The molecule has 3 aromatic rings. The molecule has 1 aromatic carbocycles. The fourth-order valence-corrected chi connectivity index (χ4v) is 3.00. The van der Waals surface area contributed by atoms with E-state index in [0.717, 1.165) is 16.3 Å². The summed E-state index contributed by atoms with van der Waals surface area (Å²) in [4.78, 5) is 21.2. The zero-order chi connectivity index (χ0) is 17.5.